The van der Waals surface area contributed by atoms with Gasteiger partial charge in [-0.1, -0.05) is 25.1 Å². The van der Waals surface area contributed by atoms with Gasteiger partial charge in [0.25, 0.3) is 0 Å². The highest BCUT2D eigenvalue weighted by molar-refractivity contribution is 5.69. The summed E-state index contributed by atoms with van der Waals surface area (Å²) in [7, 11) is 0. The average molecular weight is 288 g/mol. The van der Waals surface area contributed by atoms with Crippen molar-refractivity contribution in [1.29, 1.82) is 0 Å². The number of para-hydroxylation sites is 1. The molecule has 1 aromatic carbocycles. The molecule has 2 unspecified atom stereocenters. The molecule has 1 aliphatic rings. The number of hydrogen-bond donors (Lipinski definition) is 1. The van der Waals surface area contributed by atoms with E-state index < -0.39 is 11.9 Å². The van der Waals surface area contributed by atoms with Crippen LogP contribution in [0.3, 0.4) is 0 Å². The number of carboxylic acids is 1. The normalized spacial score (nSPS) is 18.0. The van der Waals surface area contributed by atoms with Crippen molar-refractivity contribution in [3.8, 4) is 5.75 Å². The van der Waals surface area contributed by atoms with Crippen molar-refractivity contribution in [2.45, 2.75) is 25.8 Å². The number of nitrogens with zero attached hydrogens (tertiary/aromatic N) is 4. The largest absolute Gasteiger partial charge is 0.492 e. The Morgan fingerprint density at radius 3 is 3.14 bits per heavy atom. The van der Waals surface area contributed by atoms with Crippen LogP contribution in [0.5, 0.6) is 5.75 Å². The lowest BCUT2D eigenvalue weighted by Gasteiger charge is -2.11. The lowest BCUT2D eigenvalue weighted by molar-refractivity contribution is -0.141. The molecule has 7 nitrogen and oxygen atoms in total. The second-order valence-corrected chi connectivity index (χ2v) is 5.19. The van der Waals surface area contributed by atoms with Crippen LogP contribution in [0.1, 0.15) is 30.7 Å². The van der Waals surface area contributed by atoms with Gasteiger partial charge in [0, 0.05) is 12.1 Å². The summed E-state index contributed by atoms with van der Waals surface area (Å²) in [6, 6.07) is 7.82. The number of carboxylic acid groups (broad SMARTS) is 1. The zero-order valence-corrected chi connectivity index (χ0v) is 11.6. The average Bonchev–Trinajstić information content (AvgIpc) is 3.10. The van der Waals surface area contributed by atoms with Crippen molar-refractivity contribution in [2.24, 2.45) is 5.92 Å². The fraction of sp³-hybridized carbons (Fsp3) is 0.429. The van der Waals surface area contributed by atoms with Crippen molar-refractivity contribution < 1.29 is 14.6 Å². The highest BCUT2D eigenvalue weighted by atomic mass is 16.5. The zero-order valence-electron chi connectivity index (χ0n) is 11.6. The number of aromatic nitrogens is 4. The summed E-state index contributed by atoms with van der Waals surface area (Å²) in [5, 5.41) is 20.7. The van der Waals surface area contributed by atoms with E-state index in [4.69, 9.17) is 9.84 Å². The highest BCUT2D eigenvalue weighted by Crippen LogP contribution is 2.36. The van der Waals surface area contributed by atoms with Crippen LogP contribution in [0.25, 0.3) is 0 Å². The number of aryl methyl sites for hydroxylation is 1. The summed E-state index contributed by atoms with van der Waals surface area (Å²) in [5.41, 5.74) is 1.07. The van der Waals surface area contributed by atoms with Gasteiger partial charge in [-0.3, -0.25) is 4.79 Å². The maximum atomic E-state index is 10.9. The van der Waals surface area contributed by atoms with Gasteiger partial charge in [0.05, 0.1) is 11.8 Å². The molecule has 2 aromatic rings. The first-order chi connectivity index (χ1) is 10.2. The fourth-order valence-corrected chi connectivity index (χ4v) is 2.44. The van der Waals surface area contributed by atoms with Gasteiger partial charge >= 0.3 is 5.97 Å². The van der Waals surface area contributed by atoms with Crippen LogP contribution < -0.4 is 4.74 Å². The van der Waals surface area contributed by atoms with Crippen molar-refractivity contribution in [1.82, 2.24) is 20.2 Å². The second kappa shape index (κ2) is 5.51. The molecule has 0 saturated carbocycles. The van der Waals surface area contributed by atoms with Crippen LogP contribution in [-0.2, 0) is 11.3 Å². The van der Waals surface area contributed by atoms with E-state index in [9.17, 15) is 4.79 Å². The molecule has 110 valence electrons. The van der Waals surface area contributed by atoms with Crippen molar-refractivity contribution >= 4 is 5.97 Å². The number of rotatable bonds is 5. The monoisotopic (exact) mass is 288 g/mol. The molecule has 0 saturated heterocycles. The van der Waals surface area contributed by atoms with Crippen LogP contribution in [0, 0.1) is 5.92 Å². The number of carbonyl (C=O) groups is 1. The summed E-state index contributed by atoms with van der Waals surface area (Å²) in [6.07, 6.45) is 0.489. The van der Waals surface area contributed by atoms with Gasteiger partial charge in [-0.25, -0.2) is 4.68 Å². The smallest absolute Gasteiger partial charge is 0.306 e. The Kier molecular flexibility index (Phi) is 3.55. The minimum absolute atomic E-state index is 0.00339. The minimum Gasteiger partial charge on any atom is -0.492 e. The molecule has 2 heterocycles. The first kappa shape index (κ1) is 13.5. The van der Waals surface area contributed by atoms with E-state index >= 15 is 0 Å². The van der Waals surface area contributed by atoms with Gasteiger partial charge < -0.3 is 9.84 Å². The molecule has 21 heavy (non-hydrogen) atoms. The van der Waals surface area contributed by atoms with Gasteiger partial charge in [-0.2, -0.15) is 0 Å². The Bertz CT molecular complexity index is 655. The molecular weight excluding hydrogens is 272 g/mol. The number of benzene rings is 1. The van der Waals surface area contributed by atoms with Crippen molar-refractivity contribution in [2.75, 3.05) is 6.61 Å². The van der Waals surface area contributed by atoms with Crippen LogP contribution >= 0.6 is 0 Å². The minimum atomic E-state index is -0.806. The first-order valence-corrected chi connectivity index (χ1v) is 6.87. The van der Waals surface area contributed by atoms with Gasteiger partial charge in [-0.05, 0) is 22.9 Å². The Morgan fingerprint density at radius 2 is 2.33 bits per heavy atom. The third-order valence-corrected chi connectivity index (χ3v) is 3.77. The van der Waals surface area contributed by atoms with E-state index in [1.54, 1.807) is 11.6 Å². The van der Waals surface area contributed by atoms with E-state index in [2.05, 4.69) is 15.5 Å². The summed E-state index contributed by atoms with van der Waals surface area (Å²) in [5.74, 6) is 0.346. The van der Waals surface area contributed by atoms with E-state index in [1.807, 2.05) is 24.3 Å². The van der Waals surface area contributed by atoms with E-state index in [0.717, 1.165) is 17.1 Å². The van der Waals surface area contributed by atoms with E-state index in [-0.39, 0.29) is 5.92 Å². The maximum absolute atomic E-state index is 10.9. The van der Waals surface area contributed by atoms with Crippen molar-refractivity contribution in [3.63, 3.8) is 0 Å². The molecule has 1 aromatic heterocycles. The Hall–Kier alpha value is -2.44. The van der Waals surface area contributed by atoms with E-state index in [1.165, 1.54) is 0 Å². The number of aliphatic carboxylic acids is 1. The Balaban J connectivity index is 1.79. The molecule has 0 fully saturated rings. The molecule has 1 aliphatic heterocycles. The van der Waals surface area contributed by atoms with E-state index in [0.29, 0.717) is 19.6 Å². The number of hydrogen-bond acceptors (Lipinski definition) is 5. The number of tetrazole rings is 1. The summed E-state index contributed by atoms with van der Waals surface area (Å²) < 4.78 is 7.33. The fourth-order valence-electron chi connectivity index (χ4n) is 2.44. The standard InChI is InChI=1S/C14H16N4O3/c1-9(14(19)20)6-7-18-13(15-16-17-18)11-8-21-12-5-3-2-4-10(11)12/h2-5,9,11H,6-8H2,1H3,(H,19,20). The maximum Gasteiger partial charge on any atom is 0.306 e. The molecule has 0 radical (unpaired) electrons. The third kappa shape index (κ3) is 2.58. The van der Waals surface area contributed by atoms with Gasteiger partial charge in [0.2, 0.25) is 0 Å². The lowest BCUT2D eigenvalue weighted by Crippen LogP contribution is -2.17. The van der Waals surface area contributed by atoms with Crippen molar-refractivity contribution in [3.05, 3.63) is 35.7 Å². The molecule has 2 atom stereocenters. The van der Waals surface area contributed by atoms with Crippen LogP contribution in [0.4, 0.5) is 0 Å². The summed E-state index contributed by atoms with van der Waals surface area (Å²) in [6.45, 7) is 2.67. The third-order valence-electron chi connectivity index (χ3n) is 3.77. The molecular formula is C14H16N4O3. The molecule has 1 N–H and O–H groups in total. The summed E-state index contributed by atoms with van der Waals surface area (Å²) in [4.78, 5) is 10.9. The Labute approximate surface area is 121 Å². The van der Waals surface area contributed by atoms with Gasteiger partial charge in [0.15, 0.2) is 5.82 Å². The van der Waals surface area contributed by atoms with Crippen LogP contribution in [0.15, 0.2) is 24.3 Å². The zero-order chi connectivity index (χ0) is 14.8. The molecule has 0 amide bonds. The van der Waals surface area contributed by atoms with Gasteiger partial charge in [-0.15, -0.1) is 5.10 Å². The SMILES string of the molecule is CC(CCn1nnnc1C1COc2ccccc21)C(=O)O. The second-order valence-electron chi connectivity index (χ2n) is 5.19. The molecule has 7 heteroatoms. The molecule has 0 bridgehead atoms. The number of ether oxygens (including phenoxy) is 1. The molecule has 0 spiro atoms. The summed E-state index contributed by atoms with van der Waals surface area (Å²) >= 11 is 0. The number of fused-ring (bicyclic) bond motifs is 1. The van der Waals surface area contributed by atoms with Crippen LogP contribution in [0.2, 0.25) is 0 Å². The first-order valence-electron chi connectivity index (χ1n) is 6.87. The highest BCUT2D eigenvalue weighted by Gasteiger charge is 2.30. The quantitative estimate of drug-likeness (QED) is 0.892. The van der Waals surface area contributed by atoms with Crippen LogP contribution in [-0.4, -0.2) is 37.9 Å². The molecule has 3 rings (SSSR count). The predicted octanol–water partition coefficient (Wildman–Crippen LogP) is 1.31. The van der Waals surface area contributed by atoms with Gasteiger partial charge in [0.1, 0.15) is 12.4 Å². The molecule has 0 aliphatic carbocycles. The lowest BCUT2D eigenvalue weighted by atomic mass is 10.0. The Morgan fingerprint density at radius 1 is 1.52 bits per heavy atom. The predicted molar refractivity (Wildman–Crippen MR) is 73.0 cm³/mol. The topological polar surface area (TPSA) is 90.1 Å².